The molecule has 0 aliphatic heterocycles. The molecule has 1 atom stereocenters. The summed E-state index contributed by atoms with van der Waals surface area (Å²) in [6.45, 7) is 2.19. The lowest BCUT2D eigenvalue weighted by Crippen LogP contribution is -2.15. The topological polar surface area (TPSA) is 20.2 Å². The molecule has 1 unspecified atom stereocenters. The zero-order valence-corrected chi connectivity index (χ0v) is 8.97. The van der Waals surface area contributed by atoms with Gasteiger partial charge >= 0.3 is 0 Å². The van der Waals surface area contributed by atoms with Gasteiger partial charge in [0.05, 0.1) is 6.10 Å². The van der Waals surface area contributed by atoms with Crippen LogP contribution in [0.5, 0.6) is 0 Å². The maximum atomic E-state index is 9.73. The van der Waals surface area contributed by atoms with Gasteiger partial charge in [-0.3, -0.25) is 0 Å². The lowest BCUT2D eigenvalue weighted by molar-refractivity contribution is 0.119. The second-order valence-electron chi connectivity index (χ2n) is 4.54. The first kappa shape index (κ1) is 11.0. The number of rotatable bonds is 5. The molecule has 1 saturated carbocycles. The van der Waals surface area contributed by atoms with Crippen molar-refractivity contribution in [3.8, 4) is 0 Å². The van der Waals surface area contributed by atoms with Gasteiger partial charge in [0.25, 0.3) is 0 Å². The third-order valence-electron chi connectivity index (χ3n) is 3.22. The maximum Gasteiger partial charge on any atom is 0.0542 e. The Morgan fingerprint density at radius 2 is 1.92 bits per heavy atom. The van der Waals surface area contributed by atoms with Crippen molar-refractivity contribution < 1.29 is 5.11 Å². The largest absolute Gasteiger partial charge is 0.393 e. The SMILES string of the molecule is CCCCC(O)CC1CCCCC1. The summed E-state index contributed by atoms with van der Waals surface area (Å²) in [5.41, 5.74) is 0. The molecule has 0 amide bonds. The van der Waals surface area contributed by atoms with Crippen molar-refractivity contribution in [1.29, 1.82) is 0 Å². The van der Waals surface area contributed by atoms with Crippen molar-refractivity contribution >= 4 is 0 Å². The van der Waals surface area contributed by atoms with Gasteiger partial charge < -0.3 is 5.11 Å². The molecule has 0 bridgehead atoms. The molecule has 1 aliphatic carbocycles. The zero-order chi connectivity index (χ0) is 9.52. The Bertz CT molecular complexity index is 116. The second kappa shape index (κ2) is 6.42. The molecule has 1 nitrogen and oxygen atoms in total. The molecule has 0 aromatic heterocycles. The lowest BCUT2D eigenvalue weighted by atomic mass is 9.85. The Balaban J connectivity index is 2.07. The van der Waals surface area contributed by atoms with E-state index >= 15 is 0 Å². The van der Waals surface area contributed by atoms with E-state index in [-0.39, 0.29) is 6.10 Å². The summed E-state index contributed by atoms with van der Waals surface area (Å²) in [7, 11) is 0. The number of aliphatic hydroxyl groups excluding tert-OH is 1. The Hall–Kier alpha value is -0.0400. The van der Waals surface area contributed by atoms with E-state index in [0.29, 0.717) is 0 Å². The first-order valence-corrected chi connectivity index (χ1v) is 6.01. The molecule has 0 radical (unpaired) electrons. The number of hydrogen-bond donors (Lipinski definition) is 1. The quantitative estimate of drug-likeness (QED) is 0.693. The van der Waals surface area contributed by atoms with Crippen LogP contribution in [-0.2, 0) is 0 Å². The van der Waals surface area contributed by atoms with Crippen LogP contribution < -0.4 is 0 Å². The van der Waals surface area contributed by atoms with Crippen LogP contribution >= 0.6 is 0 Å². The van der Waals surface area contributed by atoms with E-state index in [0.717, 1.165) is 18.8 Å². The van der Waals surface area contributed by atoms with Crippen molar-refractivity contribution in [3.05, 3.63) is 0 Å². The summed E-state index contributed by atoms with van der Waals surface area (Å²) in [6, 6.07) is 0. The van der Waals surface area contributed by atoms with Crippen molar-refractivity contribution in [1.82, 2.24) is 0 Å². The Kier molecular flexibility index (Phi) is 5.45. The average Bonchev–Trinajstić information content (AvgIpc) is 2.16. The summed E-state index contributed by atoms with van der Waals surface area (Å²) in [5, 5.41) is 9.73. The smallest absolute Gasteiger partial charge is 0.0542 e. The first-order chi connectivity index (χ1) is 6.33. The Morgan fingerprint density at radius 3 is 2.54 bits per heavy atom. The molecule has 13 heavy (non-hydrogen) atoms. The molecular weight excluding hydrogens is 160 g/mol. The fraction of sp³-hybridized carbons (Fsp3) is 1.00. The van der Waals surface area contributed by atoms with Crippen LogP contribution in [0.3, 0.4) is 0 Å². The molecular formula is C12H24O. The van der Waals surface area contributed by atoms with Crippen LogP contribution in [-0.4, -0.2) is 11.2 Å². The van der Waals surface area contributed by atoms with Crippen molar-refractivity contribution in [2.75, 3.05) is 0 Å². The van der Waals surface area contributed by atoms with Gasteiger partial charge in [-0.15, -0.1) is 0 Å². The van der Waals surface area contributed by atoms with Gasteiger partial charge in [0, 0.05) is 0 Å². The van der Waals surface area contributed by atoms with Gasteiger partial charge in [0.1, 0.15) is 0 Å². The summed E-state index contributed by atoms with van der Waals surface area (Å²) in [6.07, 6.45) is 11.4. The third kappa shape index (κ3) is 4.66. The van der Waals surface area contributed by atoms with E-state index in [1.165, 1.54) is 44.9 Å². The number of unbranched alkanes of at least 4 members (excludes halogenated alkanes) is 1. The van der Waals surface area contributed by atoms with Crippen LogP contribution in [0, 0.1) is 5.92 Å². The van der Waals surface area contributed by atoms with Crippen LogP contribution in [0.1, 0.15) is 64.7 Å². The van der Waals surface area contributed by atoms with Gasteiger partial charge in [-0.1, -0.05) is 51.9 Å². The predicted octanol–water partition coefficient (Wildman–Crippen LogP) is 3.51. The minimum absolute atomic E-state index is 0.0111. The van der Waals surface area contributed by atoms with Crippen molar-refractivity contribution in [2.45, 2.75) is 70.8 Å². The highest BCUT2D eigenvalue weighted by Crippen LogP contribution is 2.28. The van der Waals surface area contributed by atoms with E-state index in [1.54, 1.807) is 0 Å². The summed E-state index contributed by atoms with van der Waals surface area (Å²) in [5.74, 6) is 0.834. The molecule has 0 saturated heterocycles. The minimum atomic E-state index is -0.0111. The number of aliphatic hydroxyl groups is 1. The van der Waals surface area contributed by atoms with Crippen molar-refractivity contribution in [3.63, 3.8) is 0 Å². The average molecular weight is 184 g/mol. The van der Waals surface area contributed by atoms with Gasteiger partial charge in [-0.25, -0.2) is 0 Å². The van der Waals surface area contributed by atoms with Crippen molar-refractivity contribution in [2.24, 2.45) is 5.92 Å². The van der Waals surface area contributed by atoms with Crippen LogP contribution in [0.15, 0.2) is 0 Å². The molecule has 0 heterocycles. The second-order valence-corrected chi connectivity index (χ2v) is 4.54. The van der Waals surface area contributed by atoms with Gasteiger partial charge in [-0.05, 0) is 18.8 Å². The molecule has 1 heteroatoms. The van der Waals surface area contributed by atoms with Gasteiger partial charge in [-0.2, -0.15) is 0 Å². The summed E-state index contributed by atoms with van der Waals surface area (Å²) in [4.78, 5) is 0. The fourth-order valence-corrected chi connectivity index (χ4v) is 2.37. The maximum absolute atomic E-state index is 9.73. The highest BCUT2D eigenvalue weighted by molar-refractivity contribution is 4.69. The normalized spacial score (nSPS) is 21.7. The molecule has 1 fully saturated rings. The van der Waals surface area contributed by atoms with E-state index < -0.39 is 0 Å². The molecule has 0 aromatic carbocycles. The first-order valence-electron chi connectivity index (χ1n) is 6.01. The van der Waals surface area contributed by atoms with E-state index in [2.05, 4.69) is 6.92 Å². The molecule has 1 rings (SSSR count). The third-order valence-corrected chi connectivity index (χ3v) is 3.22. The number of hydrogen-bond acceptors (Lipinski definition) is 1. The van der Waals surface area contributed by atoms with Crippen LogP contribution in [0.25, 0.3) is 0 Å². The standard InChI is InChI=1S/C12H24O/c1-2-3-9-12(13)10-11-7-5-4-6-8-11/h11-13H,2-10H2,1H3. The van der Waals surface area contributed by atoms with E-state index in [4.69, 9.17) is 0 Å². The van der Waals surface area contributed by atoms with Crippen LogP contribution in [0.2, 0.25) is 0 Å². The van der Waals surface area contributed by atoms with E-state index in [1.807, 2.05) is 0 Å². The molecule has 0 aromatic rings. The van der Waals surface area contributed by atoms with Gasteiger partial charge in [0.15, 0.2) is 0 Å². The van der Waals surface area contributed by atoms with E-state index in [9.17, 15) is 5.11 Å². The monoisotopic (exact) mass is 184 g/mol. The highest BCUT2D eigenvalue weighted by atomic mass is 16.3. The van der Waals surface area contributed by atoms with Crippen LogP contribution in [0.4, 0.5) is 0 Å². The lowest BCUT2D eigenvalue weighted by Gasteiger charge is -2.23. The fourth-order valence-electron chi connectivity index (χ4n) is 2.37. The Labute approximate surface area is 82.5 Å². The molecule has 1 N–H and O–H groups in total. The zero-order valence-electron chi connectivity index (χ0n) is 8.97. The molecule has 0 spiro atoms. The Morgan fingerprint density at radius 1 is 1.23 bits per heavy atom. The summed E-state index contributed by atoms with van der Waals surface area (Å²) < 4.78 is 0. The minimum Gasteiger partial charge on any atom is -0.393 e. The molecule has 78 valence electrons. The van der Waals surface area contributed by atoms with Gasteiger partial charge in [0.2, 0.25) is 0 Å². The highest BCUT2D eigenvalue weighted by Gasteiger charge is 2.16. The molecule has 1 aliphatic rings. The summed E-state index contributed by atoms with van der Waals surface area (Å²) >= 11 is 0. The predicted molar refractivity (Wildman–Crippen MR) is 56.7 cm³/mol.